The normalized spacial score (nSPS) is 16.1. The molecule has 1 aromatic carbocycles. The highest BCUT2D eigenvalue weighted by Gasteiger charge is 2.30. The van der Waals surface area contributed by atoms with Gasteiger partial charge in [-0.3, -0.25) is 4.79 Å². The van der Waals surface area contributed by atoms with Gasteiger partial charge in [0.25, 0.3) is 0 Å². The molecule has 1 amide bonds. The van der Waals surface area contributed by atoms with Gasteiger partial charge >= 0.3 is 6.18 Å². The van der Waals surface area contributed by atoms with Crippen molar-refractivity contribution in [2.75, 3.05) is 31.1 Å². The van der Waals surface area contributed by atoms with E-state index >= 15 is 0 Å². The number of amides is 1. The number of carbonyl (C=O) groups excluding carboxylic acids is 1. The summed E-state index contributed by atoms with van der Waals surface area (Å²) in [6.45, 7) is 1.01. The van der Waals surface area contributed by atoms with Gasteiger partial charge in [-0.1, -0.05) is 6.07 Å². The van der Waals surface area contributed by atoms with Gasteiger partial charge in [-0.05, 0) is 43.2 Å². The molecule has 0 spiro atoms. The molecule has 1 aliphatic heterocycles. The van der Waals surface area contributed by atoms with Crippen LogP contribution in [0.5, 0.6) is 5.75 Å². The van der Waals surface area contributed by atoms with E-state index in [9.17, 15) is 23.1 Å². The lowest BCUT2D eigenvalue weighted by molar-refractivity contribution is -0.137. The van der Waals surface area contributed by atoms with E-state index in [1.807, 2.05) is 12.1 Å². The summed E-state index contributed by atoms with van der Waals surface area (Å²) in [7, 11) is 0. The second kappa shape index (κ2) is 9.61. The number of anilines is 1. The molecule has 3 heterocycles. The summed E-state index contributed by atoms with van der Waals surface area (Å²) in [5.74, 6) is 0.413. The number of benzene rings is 1. The van der Waals surface area contributed by atoms with Gasteiger partial charge in [0.1, 0.15) is 30.6 Å². The van der Waals surface area contributed by atoms with Gasteiger partial charge in [0.15, 0.2) is 5.65 Å². The number of piperidine rings is 1. The van der Waals surface area contributed by atoms with Crippen LogP contribution < -0.4 is 15.0 Å². The Morgan fingerprint density at radius 1 is 1.24 bits per heavy atom. The molecular weight excluding hydrogens is 441 g/mol. The van der Waals surface area contributed by atoms with Crippen molar-refractivity contribution >= 4 is 17.4 Å². The highest BCUT2D eigenvalue weighted by molar-refractivity contribution is 5.79. The van der Waals surface area contributed by atoms with E-state index in [2.05, 4.69) is 25.5 Å². The van der Waals surface area contributed by atoms with Crippen LogP contribution in [-0.2, 0) is 11.0 Å². The lowest BCUT2D eigenvalue weighted by Crippen LogP contribution is -2.43. The minimum absolute atomic E-state index is 0.000782. The molecule has 1 fully saturated rings. The summed E-state index contributed by atoms with van der Waals surface area (Å²) in [4.78, 5) is 14.6. The number of alkyl halides is 3. The Morgan fingerprint density at radius 3 is 2.79 bits per heavy atom. The first kappa shape index (κ1) is 22.8. The fraction of sp³-hybridized carbons (Fsp3) is 0.429. The predicted octanol–water partition coefficient (Wildman–Crippen LogP) is 1.92. The molecule has 2 aromatic heterocycles. The summed E-state index contributed by atoms with van der Waals surface area (Å²) in [5, 5.41) is 24.9. The van der Waals surface area contributed by atoms with E-state index in [1.165, 1.54) is 18.5 Å². The van der Waals surface area contributed by atoms with Gasteiger partial charge in [0.05, 0.1) is 5.56 Å². The van der Waals surface area contributed by atoms with E-state index in [4.69, 9.17) is 4.74 Å². The first-order valence-electron chi connectivity index (χ1n) is 10.5. The average Bonchev–Trinajstić information content (AvgIpc) is 3.29. The number of aromatic nitrogens is 4. The fourth-order valence-corrected chi connectivity index (χ4v) is 3.63. The molecule has 0 saturated carbocycles. The Bertz CT molecular complexity index is 1100. The molecule has 0 aliphatic carbocycles. The van der Waals surface area contributed by atoms with Crippen LogP contribution >= 0.6 is 0 Å². The summed E-state index contributed by atoms with van der Waals surface area (Å²) < 4.78 is 45.1. The molecule has 1 atom stereocenters. The van der Waals surface area contributed by atoms with E-state index < -0.39 is 17.8 Å². The third kappa shape index (κ3) is 5.69. The number of rotatable bonds is 7. The van der Waals surface area contributed by atoms with Crippen LogP contribution in [0.2, 0.25) is 0 Å². The van der Waals surface area contributed by atoms with Crippen molar-refractivity contribution in [3.05, 3.63) is 48.3 Å². The van der Waals surface area contributed by atoms with E-state index in [-0.39, 0.29) is 30.7 Å². The largest absolute Gasteiger partial charge is 0.491 e. The van der Waals surface area contributed by atoms with Crippen LogP contribution in [0.1, 0.15) is 18.4 Å². The van der Waals surface area contributed by atoms with E-state index in [0.29, 0.717) is 31.6 Å². The topological polar surface area (TPSA) is 105 Å². The first-order valence-corrected chi connectivity index (χ1v) is 10.5. The summed E-state index contributed by atoms with van der Waals surface area (Å²) >= 11 is 0. The van der Waals surface area contributed by atoms with Gasteiger partial charge in [-0.25, -0.2) is 0 Å². The van der Waals surface area contributed by atoms with Crippen molar-refractivity contribution in [2.24, 2.45) is 5.92 Å². The molecule has 0 radical (unpaired) electrons. The number of nitrogens with one attached hydrogen (secondary N) is 1. The Balaban J connectivity index is 1.20. The molecule has 0 bridgehead atoms. The third-order valence-electron chi connectivity index (χ3n) is 5.45. The SMILES string of the molecule is O=C(NCC(O)COc1cccc(C(F)(F)F)c1)C1CCN(c2ccc3nncn3n2)CC1. The lowest BCUT2D eigenvalue weighted by Gasteiger charge is -2.32. The molecule has 33 heavy (non-hydrogen) atoms. The quantitative estimate of drug-likeness (QED) is 0.551. The Labute approximate surface area is 187 Å². The summed E-state index contributed by atoms with van der Waals surface area (Å²) in [6, 6.07) is 8.12. The van der Waals surface area contributed by atoms with Crippen molar-refractivity contribution in [3.8, 4) is 5.75 Å². The standard InChI is InChI=1S/C21H23F3N6O3/c22-21(23,24)15-2-1-3-17(10-15)33-12-16(31)11-25-20(32)14-6-8-29(9-7-14)19-5-4-18-27-26-13-30(18)28-19/h1-5,10,13-14,16,31H,6-9,11-12H2,(H,25,32). The number of halogens is 3. The van der Waals surface area contributed by atoms with Crippen LogP contribution in [0.4, 0.5) is 19.0 Å². The minimum atomic E-state index is -4.47. The fourth-order valence-electron chi connectivity index (χ4n) is 3.63. The zero-order valence-corrected chi connectivity index (χ0v) is 17.6. The number of aliphatic hydroxyl groups is 1. The molecule has 4 rings (SSSR count). The second-order valence-electron chi connectivity index (χ2n) is 7.82. The number of nitrogens with zero attached hydrogens (tertiary/aromatic N) is 5. The Kier molecular flexibility index (Phi) is 6.63. The monoisotopic (exact) mass is 464 g/mol. The van der Waals surface area contributed by atoms with Crippen molar-refractivity contribution < 1.29 is 27.8 Å². The van der Waals surface area contributed by atoms with Gasteiger partial charge in [0.2, 0.25) is 5.91 Å². The second-order valence-corrected chi connectivity index (χ2v) is 7.82. The molecule has 1 unspecified atom stereocenters. The first-order chi connectivity index (χ1) is 15.8. The molecule has 176 valence electrons. The number of carbonyl (C=O) groups is 1. The molecule has 12 heteroatoms. The van der Waals surface area contributed by atoms with E-state index in [0.717, 1.165) is 18.0 Å². The number of hydrogen-bond acceptors (Lipinski definition) is 7. The van der Waals surface area contributed by atoms with Gasteiger partial charge < -0.3 is 20.1 Å². The average molecular weight is 464 g/mol. The predicted molar refractivity (Wildman–Crippen MR) is 112 cm³/mol. The number of fused-ring (bicyclic) bond motifs is 1. The Morgan fingerprint density at radius 2 is 2.03 bits per heavy atom. The highest BCUT2D eigenvalue weighted by Crippen LogP contribution is 2.31. The van der Waals surface area contributed by atoms with Gasteiger partial charge in [0, 0.05) is 25.6 Å². The van der Waals surface area contributed by atoms with Crippen LogP contribution in [0.3, 0.4) is 0 Å². The zero-order chi connectivity index (χ0) is 23.4. The number of hydrogen-bond donors (Lipinski definition) is 2. The van der Waals surface area contributed by atoms with Crippen molar-refractivity contribution in [1.82, 2.24) is 25.1 Å². The van der Waals surface area contributed by atoms with Gasteiger partial charge in [-0.15, -0.1) is 15.3 Å². The van der Waals surface area contributed by atoms with Crippen LogP contribution in [0, 0.1) is 5.92 Å². The van der Waals surface area contributed by atoms with Crippen molar-refractivity contribution in [3.63, 3.8) is 0 Å². The lowest BCUT2D eigenvalue weighted by atomic mass is 9.96. The summed E-state index contributed by atoms with van der Waals surface area (Å²) in [6.07, 6.45) is -2.74. The Hall–Kier alpha value is -3.41. The van der Waals surface area contributed by atoms with Crippen molar-refractivity contribution in [2.45, 2.75) is 25.1 Å². The van der Waals surface area contributed by atoms with Crippen molar-refractivity contribution in [1.29, 1.82) is 0 Å². The maximum Gasteiger partial charge on any atom is 0.416 e. The highest BCUT2D eigenvalue weighted by atomic mass is 19.4. The van der Waals surface area contributed by atoms with Crippen LogP contribution in [0.25, 0.3) is 5.65 Å². The minimum Gasteiger partial charge on any atom is -0.491 e. The number of ether oxygens (including phenoxy) is 1. The molecule has 1 saturated heterocycles. The van der Waals surface area contributed by atoms with Crippen LogP contribution in [0.15, 0.2) is 42.7 Å². The van der Waals surface area contributed by atoms with Gasteiger partial charge in [-0.2, -0.15) is 17.7 Å². The maximum absolute atomic E-state index is 12.8. The molecule has 3 aromatic rings. The third-order valence-corrected chi connectivity index (χ3v) is 5.45. The smallest absolute Gasteiger partial charge is 0.416 e. The molecule has 2 N–H and O–H groups in total. The molecule has 9 nitrogen and oxygen atoms in total. The van der Waals surface area contributed by atoms with Crippen LogP contribution in [-0.4, -0.2) is 63.2 Å². The van der Waals surface area contributed by atoms with E-state index in [1.54, 1.807) is 4.52 Å². The number of aliphatic hydroxyl groups excluding tert-OH is 1. The maximum atomic E-state index is 12.8. The molecular formula is C21H23F3N6O3. The molecule has 1 aliphatic rings. The summed E-state index contributed by atoms with van der Waals surface area (Å²) in [5.41, 5.74) is -0.172. The zero-order valence-electron chi connectivity index (χ0n) is 17.6.